The van der Waals surface area contributed by atoms with Crippen LogP contribution in [-0.4, -0.2) is 39.0 Å². The Hall–Kier alpha value is -2.77. The van der Waals surface area contributed by atoms with Crippen molar-refractivity contribution in [2.75, 3.05) is 13.1 Å². The lowest BCUT2D eigenvalue weighted by molar-refractivity contribution is -0.0384. The third-order valence-corrected chi connectivity index (χ3v) is 5.35. The number of aromatic nitrogens is 2. The van der Waals surface area contributed by atoms with Gasteiger partial charge in [0.2, 0.25) is 0 Å². The molecule has 4 nitrogen and oxygen atoms in total. The van der Waals surface area contributed by atoms with Crippen LogP contribution in [0.25, 0.3) is 0 Å². The van der Waals surface area contributed by atoms with E-state index in [2.05, 4.69) is 9.97 Å². The van der Waals surface area contributed by atoms with Crippen molar-refractivity contribution in [1.82, 2.24) is 14.9 Å². The van der Waals surface area contributed by atoms with Gasteiger partial charge in [0.25, 0.3) is 5.92 Å². The molecule has 29 heavy (non-hydrogen) atoms. The molecule has 0 saturated carbocycles. The number of hydrogen-bond donors (Lipinski definition) is 1. The Balaban J connectivity index is 1.92. The SMILES string of the molecule is OC(c1cccnc1)(c1cccnc1)C(c1ccc(F)cc1)N1CCC(F)(F)C1. The summed E-state index contributed by atoms with van der Waals surface area (Å²) in [5.74, 6) is -3.30. The number of halogens is 3. The van der Waals surface area contributed by atoms with E-state index in [0.29, 0.717) is 16.7 Å². The lowest BCUT2D eigenvalue weighted by Gasteiger charge is -2.42. The molecule has 1 aliphatic heterocycles. The summed E-state index contributed by atoms with van der Waals surface area (Å²) in [7, 11) is 0. The van der Waals surface area contributed by atoms with Gasteiger partial charge in [-0.15, -0.1) is 0 Å². The highest BCUT2D eigenvalue weighted by Crippen LogP contribution is 2.47. The van der Waals surface area contributed by atoms with Crippen LogP contribution in [0.1, 0.15) is 29.2 Å². The summed E-state index contributed by atoms with van der Waals surface area (Å²) in [4.78, 5) is 9.78. The van der Waals surface area contributed by atoms with Gasteiger partial charge in [0.15, 0.2) is 0 Å². The highest BCUT2D eigenvalue weighted by molar-refractivity contribution is 5.39. The van der Waals surface area contributed by atoms with Crippen LogP contribution in [-0.2, 0) is 5.60 Å². The van der Waals surface area contributed by atoms with Gasteiger partial charge in [-0.1, -0.05) is 24.3 Å². The van der Waals surface area contributed by atoms with E-state index in [0.717, 1.165) is 0 Å². The van der Waals surface area contributed by atoms with Crippen LogP contribution in [0.15, 0.2) is 73.3 Å². The first-order valence-electron chi connectivity index (χ1n) is 9.31. The van der Waals surface area contributed by atoms with Crippen LogP contribution in [0.5, 0.6) is 0 Å². The molecule has 0 spiro atoms. The first-order valence-corrected chi connectivity index (χ1v) is 9.31. The lowest BCUT2D eigenvalue weighted by Crippen LogP contribution is -2.45. The Morgan fingerprint density at radius 2 is 1.55 bits per heavy atom. The maximum Gasteiger partial charge on any atom is 0.261 e. The van der Waals surface area contributed by atoms with Crippen molar-refractivity contribution in [3.63, 3.8) is 0 Å². The summed E-state index contributed by atoms with van der Waals surface area (Å²) < 4.78 is 41.8. The minimum Gasteiger partial charge on any atom is -0.378 e. The average molecular weight is 399 g/mol. The Bertz CT molecular complexity index is 913. The Kier molecular flexibility index (Phi) is 5.10. The summed E-state index contributed by atoms with van der Waals surface area (Å²) in [6.07, 6.45) is 5.87. The van der Waals surface area contributed by atoms with Crippen molar-refractivity contribution in [2.45, 2.75) is 24.0 Å². The monoisotopic (exact) mass is 399 g/mol. The zero-order chi connectivity index (χ0) is 20.5. The van der Waals surface area contributed by atoms with Crippen LogP contribution in [0, 0.1) is 5.82 Å². The second-order valence-corrected chi connectivity index (χ2v) is 7.28. The molecule has 0 bridgehead atoms. The number of nitrogens with zero attached hydrogens (tertiary/aromatic N) is 3. The molecule has 1 atom stereocenters. The summed E-state index contributed by atoms with van der Waals surface area (Å²) in [6.45, 7) is -0.407. The Morgan fingerprint density at radius 3 is 2.00 bits per heavy atom. The molecule has 0 aliphatic carbocycles. The number of hydrogen-bond acceptors (Lipinski definition) is 4. The predicted octanol–water partition coefficient (Wildman–Crippen LogP) is 3.93. The quantitative estimate of drug-likeness (QED) is 0.706. The van der Waals surface area contributed by atoms with Crippen molar-refractivity contribution in [3.05, 3.63) is 95.8 Å². The van der Waals surface area contributed by atoms with Crippen molar-refractivity contribution in [3.8, 4) is 0 Å². The van der Waals surface area contributed by atoms with Crippen molar-refractivity contribution >= 4 is 0 Å². The molecule has 1 aliphatic rings. The molecule has 3 heterocycles. The van der Waals surface area contributed by atoms with E-state index in [1.165, 1.54) is 36.7 Å². The second kappa shape index (κ2) is 7.57. The standard InChI is InChI=1S/C22H20F3N3O/c23-19-7-5-16(6-8-19)20(28-12-9-21(24,25)15-28)22(29,17-3-1-10-26-13-17)18-4-2-11-27-14-18/h1-8,10-11,13-14,20,29H,9,12,15H2. The second-order valence-electron chi connectivity index (χ2n) is 7.28. The van der Waals surface area contributed by atoms with Crippen LogP contribution in [0.3, 0.4) is 0 Å². The minimum atomic E-state index is -2.86. The molecule has 0 radical (unpaired) electrons. The Morgan fingerprint density at radius 1 is 0.966 bits per heavy atom. The third kappa shape index (κ3) is 3.75. The van der Waals surface area contributed by atoms with Crippen molar-refractivity contribution in [2.24, 2.45) is 0 Å². The molecular weight excluding hydrogens is 379 g/mol. The van der Waals surface area contributed by atoms with Crippen LogP contribution in [0.2, 0.25) is 0 Å². The molecule has 4 rings (SSSR count). The molecule has 1 unspecified atom stereocenters. The van der Waals surface area contributed by atoms with Crippen LogP contribution in [0.4, 0.5) is 13.2 Å². The number of alkyl halides is 2. The van der Waals surface area contributed by atoms with Gasteiger partial charge in [-0.05, 0) is 29.8 Å². The first kappa shape index (κ1) is 19.5. The lowest BCUT2D eigenvalue weighted by atomic mass is 9.77. The van der Waals surface area contributed by atoms with E-state index in [4.69, 9.17) is 0 Å². The van der Waals surface area contributed by atoms with E-state index >= 15 is 0 Å². The maximum absolute atomic E-state index is 14.1. The van der Waals surface area contributed by atoms with Gasteiger partial charge in [0.05, 0.1) is 12.6 Å². The van der Waals surface area contributed by atoms with Crippen molar-refractivity contribution in [1.29, 1.82) is 0 Å². The highest BCUT2D eigenvalue weighted by atomic mass is 19.3. The van der Waals surface area contributed by atoms with Gasteiger partial charge in [0, 0.05) is 48.9 Å². The summed E-state index contributed by atoms with van der Waals surface area (Å²) in [5, 5.41) is 12.1. The molecular formula is C22H20F3N3O. The van der Waals surface area contributed by atoms with Gasteiger partial charge < -0.3 is 5.11 Å². The normalized spacial score (nSPS) is 17.9. The first-order chi connectivity index (χ1) is 13.9. The topological polar surface area (TPSA) is 49.3 Å². The Labute approximate surface area is 166 Å². The van der Waals surface area contributed by atoms with Gasteiger partial charge in [-0.25, -0.2) is 13.2 Å². The molecule has 1 fully saturated rings. The summed E-state index contributed by atoms with van der Waals surface area (Å²) in [6, 6.07) is 11.4. The van der Waals surface area contributed by atoms with Gasteiger partial charge in [0.1, 0.15) is 11.4 Å². The van der Waals surface area contributed by atoms with E-state index in [1.807, 2.05) is 0 Å². The number of benzene rings is 1. The molecule has 0 amide bonds. The number of rotatable bonds is 5. The zero-order valence-electron chi connectivity index (χ0n) is 15.5. The van der Waals surface area contributed by atoms with E-state index < -0.39 is 29.9 Å². The van der Waals surface area contributed by atoms with Crippen LogP contribution >= 0.6 is 0 Å². The maximum atomic E-state index is 14.1. The summed E-state index contributed by atoms with van der Waals surface area (Å²) in [5.41, 5.74) is -0.310. The average Bonchev–Trinajstić information content (AvgIpc) is 3.10. The van der Waals surface area contributed by atoms with Crippen LogP contribution < -0.4 is 0 Å². The summed E-state index contributed by atoms with van der Waals surface area (Å²) >= 11 is 0. The fraction of sp³-hybridized carbons (Fsp3) is 0.273. The van der Waals surface area contributed by atoms with Crippen molar-refractivity contribution < 1.29 is 18.3 Å². The van der Waals surface area contributed by atoms with E-state index in [9.17, 15) is 18.3 Å². The number of likely N-dealkylation sites (tertiary alicyclic amines) is 1. The molecule has 2 aromatic heterocycles. The molecule has 150 valence electrons. The fourth-order valence-electron chi connectivity index (χ4n) is 4.00. The fourth-order valence-corrected chi connectivity index (χ4v) is 4.00. The smallest absolute Gasteiger partial charge is 0.261 e. The van der Waals surface area contributed by atoms with Gasteiger partial charge in [-0.2, -0.15) is 0 Å². The van der Waals surface area contributed by atoms with E-state index in [1.54, 1.807) is 41.6 Å². The molecule has 1 saturated heterocycles. The molecule has 3 aromatic rings. The molecule has 1 aromatic carbocycles. The van der Waals surface area contributed by atoms with Gasteiger partial charge >= 0.3 is 0 Å². The molecule has 7 heteroatoms. The highest BCUT2D eigenvalue weighted by Gasteiger charge is 2.50. The number of aliphatic hydroxyl groups is 1. The molecule has 1 N–H and O–H groups in total. The third-order valence-electron chi connectivity index (χ3n) is 5.35. The number of pyridine rings is 2. The van der Waals surface area contributed by atoms with E-state index in [-0.39, 0.29) is 13.0 Å². The van der Waals surface area contributed by atoms with Gasteiger partial charge in [-0.3, -0.25) is 14.9 Å². The largest absolute Gasteiger partial charge is 0.378 e. The zero-order valence-corrected chi connectivity index (χ0v) is 15.5. The predicted molar refractivity (Wildman–Crippen MR) is 102 cm³/mol. The minimum absolute atomic E-state index is 0.0951.